The van der Waals surface area contributed by atoms with Crippen LogP contribution in [0.1, 0.15) is 57.8 Å². The average Bonchev–Trinajstić information content (AvgIpc) is 3.56. The summed E-state index contributed by atoms with van der Waals surface area (Å²) >= 11 is 0. The third-order valence-corrected chi connectivity index (χ3v) is 6.13. The molecule has 1 aliphatic heterocycles. The highest BCUT2D eigenvalue weighted by Crippen LogP contribution is 2.33. The van der Waals surface area contributed by atoms with Crippen LogP contribution in [0, 0.1) is 11.8 Å². The number of hydrogen-bond donors (Lipinski definition) is 4. The summed E-state index contributed by atoms with van der Waals surface area (Å²) in [4.78, 5) is 11.8. The van der Waals surface area contributed by atoms with Crippen molar-refractivity contribution < 1.29 is 24.5 Å². The topological polar surface area (TPSA) is 114 Å². The molecule has 3 aliphatic rings. The summed E-state index contributed by atoms with van der Waals surface area (Å²) in [6.45, 7) is 1.91. The third kappa shape index (κ3) is 6.72. The number of aliphatic hydroxyl groups is 1. The standard InChI is InChI=1S/C21H36N2O5/c22-19(14-27-10-1-2-15-3-4-15)21(26,20(24)25)13-17-12-18(7-9-23-17)28-11-8-16-5-6-16/h7,15-17,19,23,26H,1-6,8-14,22H2,(H,24,25)/t17?,19-,21+/m0/s1. The summed E-state index contributed by atoms with van der Waals surface area (Å²) in [6, 6.07) is -1.17. The first-order valence-corrected chi connectivity index (χ1v) is 10.8. The molecule has 0 aromatic heterocycles. The van der Waals surface area contributed by atoms with Gasteiger partial charge in [0.2, 0.25) is 0 Å². The zero-order chi connectivity index (χ0) is 20.0. The fourth-order valence-electron chi connectivity index (χ4n) is 3.76. The van der Waals surface area contributed by atoms with Crippen LogP contribution in [-0.2, 0) is 14.3 Å². The van der Waals surface area contributed by atoms with E-state index in [0.717, 1.165) is 36.9 Å². The number of nitrogens with one attached hydrogen (secondary N) is 1. The Bertz CT molecular complexity index is 547. The van der Waals surface area contributed by atoms with E-state index >= 15 is 0 Å². The average molecular weight is 397 g/mol. The minimum Gasteiger partial charge on any atom is -0.498 e. The fraction of sp³-hybridized carbons (Fsp3) is 0.857. The molecular formula is C21H36N2O5. The Balaban J connectivity index is 1.41. The van der Waals surface area contributed by atoms with Crippen LogP contribution < -0.4 is 11.1 Å². The lowest BCUT2D eigenvalue weighted by atomic mass is 9.86. The molecule has 160 valence electrons. The molecule has 5 N–H and O–H groups in total. The second-order valence-electron chi connectivity index (χ2n) is 8.76. The molecule has 7 heteroatoms. The first kappa shape index (κ1) is 21.6. The Kier molecular flexibility index (Phi) is 7.74. The van der Waals surface area contributed by atoms with Gasteiger partial charge in [-0.05, 0) is 37.2 Å². The summed E-state index contributed by atoms with van der Waals surface area (Å²) in [5.41, 5.74) is 4.03. The number of hydrogen-bond acceptors (Lipinski definition) is 6. The van der Waals surface area contributed by atoms with E-state index in [-0.39, 0.29) is 19.1 Å². The number of carboxylic acid groups (broad SMARTS) is 1. The van der Waals surface area contributed by atoms with Gasteiger partial charge in [0.05, 0.1) is 25.0 Å². The van der Waals surface area contributed by atoms with E-state index in [1.807, 2.05) is 6.08 Å². The lowest BCUT2D eigenvalue weighted by Gasteiger charge is -2.34. The van der Waals surface area contributed by atoms with Crippen molar-refractivity contribution in [3.63, 3.8) is 0 Å². The maximum Gasteiger partial charge on any atom is 0.337 e. The van der Waals surface area contributed by atoms with Gasteiger partial charge in [0.1, 0.15) is 0 Å². The largest absolute Gasteiger partial charge is 0.498 e. The molecule has 7 nitrogen and oxygen atoms in total. The molecule has 0 radical (unpaired) electrons. The van der Waals surface area contributed by atoms with Crippen LogP contribution in [0.25, 0.3) is 0 Å². The molecule has 0 spiro atoms. The van der Waals surface area contributed by atoms with Gasteiger partial charge in [0.25, 0.3) is 0 Å². The fourth-order valence-corrected chi connectivity index (χ4v) is 3.76. The van der Waals surface area contributed by atoms with Crippen molar-refractivity contribution in [2.75, 3.05) is 26.4 Å². The van der Waals surface area contributed by atoms with Gasteiger partial charge in [0, 0.05) is 32.0 Å². The minimum atomic E-state index is -2.02. The molecule has 1 unspecified atom stereocenters. The van der Waals surface area contributed by atoms with Gasteiger partial charge in [-0.2, -0.15) is 0 Å². The Morgan fingerprint density at radius 2 is 1.96 bits per heavy atom. The van der Waals surface area contributed by atoms with Gasteiger partial charge in [-0.3, -0.25) is 0 Å². The van der Waals surface area contributed by atoms with Crippen LogP contribution in [0.3, 0.4) is 0 Å². The monoisotopic (exact) mass is 396 g/mol. The van der Waals surface area contributed by atoms with E-state index < -0.39 is 17.6 Å². The number of carbonyl (C=O) groups is 1. The smallest absolute Gasteiger partial charge is 0.337 e. The maximum atomic E-state index is 11.8. The summed E-state index contributed by atoms with van der Waals surface area (Å²) in [7, 11) is 0. The van der Waals surface area contributed by atoms with Gasteiger partial charge >= 0.3 is 5.97 Å². The Morgan fingerprint density at radius 3 is 2.64 bits per heavy atom. The summed E-state index contributed by atoms with van der Waals surface area (Å²) in [5, 5.41) is 23.7. The van der Waals surface area contributed by atoms with Gasteiger partial charge in [-0.15, -0.1) is 0 Å². The highest BCUT2D eigenvalue weighted by molar-refractivity contribution is 5.78. The third-order valence-electron chi connectivity index (χ3n) is 6.13. The lowest BCUT2D eigenvalue weighted by molar-refractivity contribution is -0.164. The quantitative estimate of drug-likeness (QED) is 0.331. The molecule has 0 aromatic carbocycles. The van der Waals surface area contributed by atoms with E-state index in [0.29, 0.717) is 26.2 Å². The number of nitrogens with two attached hydrogens (primary N) is 1. The van der Waals surface area contributed by atoms with Crippen molar-refractivity contribution in [1.82, 2.24) is 5.32 Å². The van der Waals surface area contributed by atoms with Crippen LogP contribution in [0.15, 0.2) is 11.8 Å². The number of rotatable bonds is 14. The summed E-state index contributed by atoms with van der Waals surface area (Å²) in [6.07, 6.45) is 11.0. The Labute approximate surface area is 167 Å². The van der Waals surface area contributed by atoms with Gasteiger partial charge in [-0.25, -0.2) is 4.79 Å². The Hall–Kier alpha value is -1.15. The van der Waals surface area contributed by atoms with E-state index in [2.05, 4.69) is 5.32 Å². The molecule has 3 atom stereocenters. The van der Waals surface area contributed by atoms with Crippen LogP contribution in [0.2, 0.25) is 0 Å². The van der Waals surface area contributed by atoms with Crippen molar-refractivity contribution in [2.24, 2.45) is 17.6 Å². The number of aliphatic carboxylic acids is 1. The van der Waals surface area contributed by atoms with Gasteiger partial charge in [-0.1, -0.05) is 25.7 Å². The Morgan fingerprint density at radius 1 is 1.25 bits per heavy atom. The van der Waals surface area contributed by atoms with E-state index in [9.17, 15) is 15.0 Å². The van der Waals surface area contributed by atoms with Gasteiger partial charge < -0.3 is 30.7 Å². The molecule has 0 bridgehead atoms. The van der Waals surface area contributed by atoms with Crippen LogP contribution >= 0.6 is 0 Å². The second-order valence-corrected chi connectivity index (χ2v) is 8.76. The molecular weight excluding hydrogens is 360 g/mol. The van der Waals surface area contributed by atoms with E-state index in [4.69, 9.17) is 15.2 Å². The highest BCUT2D eigenvalue weighted by atomic mass is 16.5. The summed E-state index contributed by atoms with van der Waals surface area (Å²) in [5.74, 6) is 1.24. The number of ether oxygens (including phenoxy) is 2. The molecule has 0 amide bonds. The summed E-state index contributed by atoms with van der Waals surface area (Å²) < 4.78 is 11.4. The van der Waals surface area contributed by atoms with Crippen LogP contribution in [-0.4, -0.2) is 60.2 Å². The van der Waals surface area contributed by atoms with Crippen molar-refractivity contribution in [2.45, 2.75) is 75.5 Å². The predicted molar refractivity (Wildman–Crippen MR) is 106 cm³/mol. The van der Waals surface area contributed by atoms with Crippen molar-refractivity contribution in [3.05, 3.63) is 11.8 Å². The van der Waals surface area contributed by atoms with Crippen molar-refractivity contribution in [3.8, 4) is 0 Å². The molecule has 1 heterocycles. The maximum absolute atomic E-state index is 11.8. The van der Waals surface area contributed by atoms with E-state index in [1.165, 1.54) is 25.7 Å². The highest BCUT2D eigenvalue weighted by Gasteiger charge is 2.44. The normalized spacial score (nSPS) is 25.6. The minimum absolute atomic E-state index is 0.0261. The molecule has 2 saturated carbocycles. The SMILES string of the molecule is N[C@@H](COCCCC1CC1)[C@](O)(CC1CC(OCCC2CC2)=CCN1)C(=O)O. The molecule has 0 saturated heterocycles. The van der Waals surface area contributed by atoms with E-state index in [1.54, 1.807) is 0 Å². The molecule has 2 aliphatic carbocycles. The second kappa shape index (κ2) is 10.1. The zero-order valence-electron chi connectivity index (χ0n) is 16.8. The number of carboxylic acids is 1. The zero-order valence-corrected chi connectivity index (χ0v) is 16.8. The first-order chi connectivity index (χ1) is 13.5. The molecule has 2 fully saturated rings. The molecule has 3 rings (SSSR count). The van der Waals surface area contributed by atoms with Crippen LogP contribution in [0.4, 0.5) is 0 Å². The van der Waals surface area contributed by atoms with Crippen molar-refractivity contribution >= 4 is 5.97 Å². The predicted octanol–water partition coefficient (Wildman–Crippen LogP) is 1.79. The molecule has 28 heavy (non-hydrogen) atoms. The lowest BCUT2D eigenvalue weighted by Crippen LogP contribution is -2.59. The molecule has 0 aromatic rings. The first-order valence-electron chi connectivity index (χ1n) is 10.8. The van der Waals surface area contributed by atoms with Crippen LogP contribution in [0.5, 0.6) is 0 Å². The van der Waals surface area contributed by atoms with Crippen molar-refractivity contribution in [1.29, 1.82) is 0 Å². The van der Waals surface area contributed by atoms with Gasteiger partial charge in [0.15, 0.2) is 5.60 Å².